The number of nitrogens with zero attached hydrogens (tertiary/aromatic N) is 5. The molecule has 0 saturated heterocycles. The number of halogens is 8. The fourth-order valence-corrected chi connectivity index (χ4v) is 4.94. The minimum Gasteiger partial charge on any atom is -0.507 e. The van der Waals surface area contributed by atoms with E-state index in [4.69, 9.17) is 11.6 Å². The number of benzene rings is 3. The van der Waals surface area contributed by atoms with Gasteiger partial charge in [-0.3, -0.25) is 9.79 Å². The topological polar surface area (TPSA) is 95.7 Å². The lowest BCUT2D eigenvalue weighted by Gasteiger charge is -2.12. The summed E-state index contributed by atoms with van der Waals surface area (Å²) in [6.45, 7) is -0.535. The summed E-state index contributed by atoms with van der Waals surface area (Å²) in [5, 5.41) is 20.3. The standard InChI is InChI=1S/C27H15ClF7N5O2/c28-18-2-1-14(29)8-16(18)24(41)22-17(10-36)23-20(40(11-21(31)32)26-37-3-4-39(23)26)9-19(22)38-25(42)12-5-13(27(33,34)35)7-15(30)6-12/h1-2,5-9,21,41H,3-4,11H2/b24-22+,38-19?. The van der Waals surface area contributed by atoms with E-state index in [0.29, 0.717) is 12.1 Å². The highest BCUT2D eigenvalue weighted by molar-refractivity contribution is 6.32. The average molecular weight is 610 g/mol. The number of aliphatic hydroxyl groups excluding tert-OH is 1. The Hall–Kier alpha value is -4.64. The molecule has 3 aliphatic rings. The van der Waals surface area contributed by atoms with Gasteiger partial charge in [0.2, 0.25) is 5.62 Å². The molecule has 5 rings (SSSR count). The molecule has 2 heterocycles. The van der Waals surface area contributed by atoms with E-state index < -0.39 is 69.7 Å². The SMILES string of the molecule is N#Cc1c2n3c(n(CC(F)F)c-2cc(=NC(=O)c2cc(F)cc(C(F)(F)F)c2)/c1=C(/O)c1cc(F)ccc1Cl)=NCC3. The van der Waals surface area contributed by atoms with Gasteiger partial charge in [0, 0.05) is 17.7 Å². The number of aliphatic hydroxyl groups is 1. The highest BCUT2D eigenvalue weighted by Crippen LogP contribution is 2.31. The molecule has 15 heteroatoms. The minimum absolute atomic E-state index is 0.0278. The Labute approximate surface area is 235 Å². The van der Waals surface area contributed by atoms with Gasteiger partial charge in [-0.2, -0.15) is 18.4 Å². The molecule has 2 aliphatic heterocycles. The Morgan fingerprint density at radius 2 is 1.88 bits per heavy atom. The van der Waals surface area contributed by atoms with Crippen LogP contribution < -0.4 is 16.2 Å². The lowest BCUT2D eigenvalue weighted by atomic mass is 10.0. The van der Waals surface area contributed by atoms with E-state index in [0.717, 1.165) is 28.8 Å². The van der Waals surface area contributed by atoms with Gasteiger partial charge in [0.25, 0.3) is 12.3 Å². The van der Waals surface area contributed by atoms with Crippen molar-refractivity contribution >= 4 is 23.3 Å². The van der Waals surface area contributed by atoms with E-state index in [9.17, 15) is 45.9 Å². The number of hydrogen-bond acceptors (Lipinski definition) is 4. The summed E-state index contributed by atoms with van der Waals surface area (Å²) < 4.78 is 97.6. The molecular formula is C27H15ClF7N5O2. The molecule has 2 aromatic rings. The van der Waals surface area contributed by atoms with Gasteiger partial charge in [0.1, 0.15) is 23.5 Å². The van der Waals surface area contributed by atoms with Gasteiger partial charge in [-0.15, -0.1) is 0 Å². The van der Waals surface area contributed by atoms with Gasteiger partial charge in [-0.05, 0) is 42.5 Å². The maximum absolute atomic E-state index is 14.1. The first-order valence-electron chi connectivity index (χ1n) is 11.9. The monoisotopic (exact) mass is 609 g/mol. The van der Waals surface area contributed by atoms with E-state index in [1.165, 1.54) is 4.57 Å². The van der Waals surface area contributed by atoms with Crippen LogP contribution in [0.5, 0.6) is 0 Å². The number of rotatable bonds is 4. The van der Waals surface area contributed by atoms with Crippen LogP contribution in [-0.4, -0.2) is 33.1 Å². The molecule has 0 aromatic heterocycles. The molecule has 1 aliphatic carbocycles. The van der Waals surface area contributed by atoms with Crippen LogP contribution in [0, 0.1) is 23.0 Å². The molecule has 1 N–H and O–H groups in total. The number of carbonyl (C=O) groups excluding carboxylic acids is 1. The third-order valence-electron chi connectivity index (χ3n) is 6.43. The van der Waals surface area contributed by atoms with Crippen molar-refractivity contribution in [3.05, 3.63) is 97.6 Å². The van der Waals surface area contributed by atoms with Crippen LogP contribution in [0.15, 0.2) is 52.4 Å². The summed E-state index contributed by atoms with van der Waals surface area (Å²) in [6, 6.07) is 6.85. The number of alkyl halides is 5. The van der Waals surface area contributed by atoms with Crippen molar-refractivity contribution in [2.75, 3.05) is 6.54 Å². The zero-order valence-corrected chi connectivity index (χ0v) is 21.6. The molecule has 0 saturated carbocycles. The maximum atomic E-state index is 14.1. The fourth-order valence-electron chi connectivity index (χ4n) is 4.73. The first-order chi connectivity index (χ1) is 19.8. The summed E-state index contributed by atoms with van der Waals surface area (Å²) in [6.07, 6.45) is -7.89. The second-order valence-electron chi connectivity index (χ2n) is 9.08. The van der Waals surface area contributed by atoms with Gasteiger partial charge in [-0.25, -0.2) is 22.6 Å². The van der Waals surface area contributed by atoms with E-state index in [-0.39, 0.29) is 46.7 Å². The molecule has 0 atom stereocenters. The van der Waals surface area contributed by atoms with Crippen molar-refractivity contribution in [3.8, 4) is 17.5 Å². The molecule has 216 valence electrons. The first-order valence-corrected chi connectivity index (χ1v) is 12.3. The Kier molecular flexibility index (Phi) is 7.32. The Balaban J connectivity index is 1.93. The van der Waals surface area contributed by atoms with Crippen molar-refractivity contribution in [2.45, 2.75) is 25.7 Å². The second kappa shape index (κ2) is 10.6. The number of carbonyl (C=O) groups is 1. The van der Waals surface area contributed by atoms with Crippen molar-refractivity contribution < 1.29 is 40.6 Å². The van der Waals surface area contributed by atoms with E-state index in [1.807, 2.05) is 6.07 Å². The third-order valence-corrected chi connectivity index (χ3v) is 6.76. The summed E-state index contributed by atoms with van der Waals surface area (Å²) in [5.74, 6) is -4.49. The molecule has 0 bridgehead atoms. The van der Waals surface area contributed by atoms with Gasteiger partial charge >= 0.3 is 6.18 Å². The Morgan fingerprint density at radius 3 is 2.55 bits per heavy atom. The van der Waals surface area contributed by atoms with Crippen LogP contribution in [0.2, 0.25) is 5.02 Å². The zero-order valence-electron chi connectivity index (χ0n) is 20.9. The predicted octanol–water partition coefficient (Wildman–Crippen LogP) is 4.57. The van der Waals surface area contributed by atoms with Gasteiger partial charge < -0.3 is 14.2 Å². The minimum atomic E-state index is -5.01. The average Bonchev–Trinajstić information content (AvgIpc) is 3.50. The fraction of sp³-hybridized carbons (Fsp3) is 0.185. The van der Waals surface area contributed by atoms with Crippen LogP contribution in [0.1, 0.15) is 27.0 Å². The molecule has 42 heavy (non-hydrogen) atoms. The lowest BCUT2D eigenvalue weighted by molar-refractivity contribution is -0.137. The Bertz CT molecular complexity index is 1970. The van der Waals surface area contributed by atoms with Crippen molar-refractivity contribution in [1.29, 1.82) is 5.26 Å². The number of fused-ring (bicyclic) bond motifs is 3. The van der Waals surface area contributed by atoms with Crippen molar-refractivity contribution in [3.63, 3.8) is 0 Å². The normalized spacial score (nSPS) is 14.2. The molecule has 7 nitrogen and oxygen atoms in total. The molecule has 0 spiro atoms. The molecule has 0 unspecified atom stereocenters. The lowest BCUT2D eigenvalue weighted by Crippen LogP contribution is -2.34. The van der Waals surface area contributed by atoms with Crippen LogP contribution in [0.25, 0.3) is 17.1 Å². The van der Waals surface area contributed by atoms with Crippen LogP contribution in [0.4, 0.5) is 30.7 Å². The smallest absolute Gasteiger partial charge is 0.416 e. The maximum Gasteiger partial charge on any atom is 0.416 e. The largest absolute Gasteiger partial charge is 0.507 e. The number of nitriles is 1. The second-order valence-corrected chi connectivity index (χ2v) is 9.48. The number of hydrogen-bond donors (Lipinski definition) is 1. The molecule has 1 amide bonds. The van der Waals surface area contributed by atoms with E-state index in [1.54, 1.807) is 0 Å². The highest BCUT2D eigenvalue weighted by Gasteiger charge is 2.32. The van der Waals surface area contributed by atoms with Crippen molar-refractivity contribution in [2.24, 2.45) is 9.98 Å². The summed E-state index contributed by atoms with van der Waals surface area (Å²) >= 11 is 6.16. The van der Waals surface area contributed by atoms with E-state index >= 15 is 0 Å². The number of aromatic nitrogens is 2. The molecule has 0 radical (unpaired) electrons. The molecule has 0 fully saturated rings. The summed E-state index contributed by atoms with van der Waals surface area (Å²) in [5.41, 5.74) is -3.01. The molecular weight excluding hydrogens is 595 g/mol. The first kappa shape index (κ1) is 28.9. The third kappa shape index (κ3) is 5.11. The van der Waals surface area contributed by atoms with Crippen LogP contribution >= 0.6 is 11.6 Å². The number of imidazole rings is 1. The number of amides is 1. The Morgan fingerprint density at radius 1 is 1.14 bits per heavy atom. The van der Waals surface area contributed by atoms with Gasteiger partial charge in [0.05, 0.1) is 51.2 Å². The highest BCUT2D eigenvalue weighted by atomic mass is 35.5. The van der Waals surface area contributed by atoms with Gasteiger partial charge in [0.15, 0.2) is 0 Å². The van der Waals surface area contributed by atoms with E-state index in [2.05, 4.69) is 9.98 Å². The molecule has 2 aromatic carbocycles. The quantitative estimate of drug-likeness (QED) is 0.344. The van der Waals surface area contributed by atoms with Gasteiger partial charge in [-0.1, -0.05) is 11.6 Å². The predicted molar refractivity (Wildman–Crippen MR) is 133 cm³/mol. The van der Waals surface area contributed by atoms with Crippen LogP contribution in [-0.2, 0) is 19.3 Å². The zero-order chi connectivity index (χ0) is 30.5. The summed E-state index contributed by atoms with van der Waals surface area (Å²) in [4.78, 5) is 21.1. The van der Waals surface area contributed by atoms with Crippen LogP contribution in [0.3, 0.4) is 0 Å². The van der Waals surface area contributed by atoms with Crippen molar-refractivity contribution in [1.82, 2.24) is 9.13 Å². The summed E-state index contributed by atoms with van der Waals surface area (Å²) in [7, 11) is 0.